The summed E-state index contributed by atoms with van der Waals surface area (Å²) in [5.41, 5.74) is 1.06. The third-order valence-electron chi connectivity index (χ3n) is 3.89. The molecule has 0 unspecified atom stereocenters. The summed E-state index contributed by atoms with van der Waals surface area (Å²) in [7, 11) is 0. The maximum atomic E-state index is 4.77. The molecule has 0 atom stereocenters. The van der Waals surface area contributed by atoms with Gasteiger partial charge in [0.1, 0.15) is 0 Å². The van der Waals surface area contributed by atoms with Crippen LogP contribution in [0.25, 0.3) is 0 Å². The van der Waals surface area contributed by atoms with Crippen molar-refractivity contribution >= 4 is 5.82 Å². The van der Waals surface area contributed by atoms with Crippen molar-refractivity contribution in [1.29, 1.82) is 0 Å². The molecule has 0 radical (unpaired) electrons. The molecule has 0 N–H and O–H groups in total. The minimum absolute atomic E-state index is 0.0365. The molecule has 118 valence electrons. The first-order valence-electron chi connectivity index (χ1n) is 7.59. The zero-order chi connectivity index (χ0) is 15.6. The highest BCUT2D eigenvalue weighted by Gasteiger charge is 2.21. The van der Waals surface area contributed by atoms with Gasteiger partial charge >= 0.3 is 0 Å². The van der Waals surface area contributed by atoms with Crippen molar-refractivity contribution < 1.29 is 4.52 Å². The molecule has 1 aliphatic rings. The number of aromatic nitrogens is 4. The zero-order valence-electron chi connectivity index (χ0n) is 13.4. The van der Waals surface area contributed by atoms with Crippen LogP contribution in [0.3, 0.4) is 0 Å². The van der Waals surface area contributed by atoms with Crippen molar-refractivity contribution in [2.24, 2.45) is 0 Å². The van der Waals surface area contributed by atoms with Crippen molar-refractivity contribution in [3.8, 4) is 0 Å². The fraction of sp³-hybridized carbons (Fsp3) is 0.600. The minimum Gasteiger partial charge on any atom is -0.353 e. The van der Waals surface area contributed by atoms with Crippen LogP contribution in [-0.2, 0) is 12.0 Å². The maximum absolute atomic E-state index is 4.77. The Morgan fingerprint density at radius 3 is 2.41 bits per heavy atom. The molecule has 1 aliphatic heterocycles. The highest BCUT2D eigenvalue weighted by Crippen LogP contribution is 2.21. The van der Waals surface area contributed by atoms with E-state index in [1.165, 1.54) is 6.39 Å². The Morgan fingerprint density at radius 2 is 1.86 bits per heavy atom. The van der Waals surface area contributed by atoms with Gasteiger partial charge in [-0.2, -0.15) is 10.1 Å². The summed E-state index contributed by atoms with van der Waals surface area (Å²) >= 11 is 0. The zero-order valence-corrected chi connectivity index (χ0v) is 13.4. The Balaban J connectivity index is 1.57. The summed E-state index contributed by atoms with van der Waals surface area (Å²) in [5.74, 6) is 1.69. The lowest BCUT2D eigenvalue weighted by atomic mass is 9.92. The third-order valence-corrected chi connectivity index (χ3v) is 3.89. The first kappa shape index (κ1) is 14.9. The van der Waals surface area contributed by atoms with E-state index in [0.29, 0.717) is 0 Å². The molecule has 0 amide bonds. The van der Waals surface area contributed by atoms with Crippen molar-refractivity contribution in [3.05, 3.63) is 30.0 Å². The summed E-state index contributed by atoms with van der Waals surface area (Å²) in [5, 5.41) is 12.6. The van der Waals surface area contributed by atoms with Gasteiger partial charge in [0.15, 0.2) is 11.6 Å². The summed E-state index contributed by atoms with van der Waals surface area (Å²) in [4.78, 5) is 8.65. The molecule has 22 heavy (non-hydrogen) atoms. The second-order valence-electron chi connectivity index (χ2n) is 6.64. The average Bonchev–Trinajstić information content (AvgIpc) is 3.00. The molecular formula is C15H22N6O. The van der Waals surface area contributed by atoms with Crippen molar-refractivity contribution in [3.63, 3.8) is 0 Å². The normalized spacial score (nSPS) is 17.0. The van der Waals surface area contributed by atoms with Crippen molar-refractivity contribution in [2.45, 2.75) is 32.7 Å². The first-order chi connectivity index (χ1) is 10.5. The van der Waals surface area contributed by atoms with E-state index in [1.54, 1.807) is 0 Å². The second kappa shape index (κ2) is 6.00. The van der Waals surface area contributed by atoms with E-state index in [2.05, 4.69) is 63.0 Å². The lowest BCUT2D eigenvalue weighted by molar-refractivity contribution is 0.239. The van der Waals surface area contributed by atoms with E-state index in [9.17, 15) is 0 Å². The van der Waals surface area contributed by atoms with Gasteiger partial charge < -0.3 is 9.42 Å². The molecule has 1 fully saturated rings. The van der Waals surface area contributed by atoms with E-state index in [4.69, 9.17) is 4.52 Å². The number of piperazine rings is 1. The molecule has 0 aromatic carbocycles. The molecule has 2 aromatic rings. The topological polar surface area (TPSA) is 71.2 Å². The van der Waals surface area contributed by atoms with Gasteiger partial charge in [-0.25, -0.2) is 0 Å². The fourth-order valence-electron chi connectivity index (χ4n) is 2.49. The van der Waals surface area contributed by atoms with E-state index in [-0.39, 0.29) is 5.41 Å². The lowest BCUT2D eigenvalue weighted by Crippen LogP contribution is -2.46. The van der Waals surface area contributed by atoms with Crippen LogP contribution in [0.1, 0.15) is 32.3 Å². The SMILES string of the molecule is CC(C)(C)c1ccc(N2CCN(Cc3ncon3)CC2)nn1. The standard InChI is InChI=1S/C15H22N6O/c1-15(2,3)12-4-5-14(18-17-12)21-8-6-20(7-9-21)10-13-16-11-22-19-13/h4-5,11H,6-10H2,1-3H3. The van der Waals surface area contributed by atoms with E-state index < -0.39 is 0 Å². The van der Waals surface area contributed by atoms with Crippen LogP contribution in [0.2, 0.25) is 0 Å². The lowest BCUT2D eigenvalue weighted by Gasteiger charge is -2.34. The van der Waals surface area contributed by atoms with Crippen molar-refractivity contribution in [2.75, 3.05) is 31.1 Å². The van der Waals surface area contributed by atoms with Gasteiger partial charge in [-0.15, -0.1) is 5.10 Å². The molecule has 7 heteroatoms. The molecule has 3 rings (SSSR count). The maximum Gasteiger partial charge on any atom is 0.213 e. The molecule has 1 saturated heterocycles. The first-order valence-corrected chi connectivity index (χ1v) is 7.59. The Kier molecular flexibility index (Phi) is 4.06. The van der Waals surface area contributed by atoms with Gasteiger partial charge in [0, 0.05) is 31.6 Å². The quantitative estimate of drug-likeness (QED) is 0.850. The molecule has 0 saturated carbocycles. The molecule has 2 aromatic heterocycles. The van der Waals surface area contributed by atoms with E-state index in [0.717, 1.165) is 50.1 Å². The van der Waals surface area contributed by atoms with Crippen LogP contribution < -0.4 is 4.90 Å². The Hall–Kier alpha value is -2.02. The Morgan fingerprint density at radius 1 is 1.09 bits per heavy atom. The van der Waals surface area contributed by atoms with Gasteiger partial charge in [0.2, 0.25) is 6.39 Å². The van der Waals surface area contributed by atoms with Gasteiger partial charge in [-0.1, -0.05) is 25.9 Å². The number of nitrogens with zero attached hydrogens (tertiary/aromatic N) is 6. The summed E-state index contributed by atoms with van der Waals surface area (Å²) in [6.07, 6.45) is 1.37. The van der Waals surface area contributed by atoms with E-state index >= 15 is 0 Å². The Labute approximate surface area is 130 Å². The predicted molar refractivity (Wildman–Crippen MR) is 82.5 cm³/mol. The summed E-state index contributed by atoms with van der Waals surface area (Å²) in [6, 6.07) is 4.15. The minimum atomic E-state index is 0.0365. The highest BCUT2D eigenvalue weighted by molar-refractivity contribution is 5.38. The monoisotopic (exact) mass is 302 g/mol. The highest BCUT2D eigenvalue weighted by atomic mass is 16.5. The second-order valence-corrected chi connectivity index (χ2v) is 6.64. The van der Waals surface area contributed by atoms with Gasteiger partial charge in [-0.3, -0.25) is 4.90 Å². The van der Waals surface area contributed by atoms with Crippen molar-refractivity contribution in [1.82, 2.24) is 25.2 Å². The summed E-state index contributed by atoms with van der Waals surface area (Å²) in [6.45, 7) is 10.9. The molecule has 0 aliphatic carbocycles. The van der Waals surface area contributed by atoms with Crippen LogP contribution in [0.15, 0.2) is 23.0 Å². The molecule has 3 heterocycles. The summed E-state index contributed by atoms with van der Waals surface area (Å²) < 4.78 is 4.77. The van der Waals surface area contributed by atoms with Crippen LogP contribution in [0, 0.1) is 0 Å². The van der Waals surface area contributed by atoms with Crippen LogP contribution in [0.5, 0.6) is 0 Å². The fourth-order valence-corrected chi connectivity index (χ4v) is 2.49. The van der Waals surface area contributed by atoms with Gasteiger partial charge in [0.05, 0.1) is 12.2 Å². The molecule has 0 bridgehead atoms. The van der Waals surface area contributed by atoms with Gasteiger partial charge in [0.25, 0.3) is 0 Å². The largest absolute Gasteiger partial charge is 0.353 e. The Bertz CT molecular complexity index is 581. The number of rotatable bonds is 3. The number of hydrogen-bond acceptors (Lipinski definition) is 7. The van der Waals surface area contributed by atoms with Crippen LogP contribution in [-0.4, -0.2) is 51.4 Å². The smallest absolute Gasteiger partial charge is 0.213 e. The predicted octanol–water partition coefficient (Wildman–Crippen LogP) is 1.48. The number of hydrogen-bond donors (Lipinski definition) is 0. The average molecular weight is 302 g/mol. The van der Waals surface area contributed by atoms with Gasteiger partial charge in [-0.05, 0) is 12.1 Å². The molecule has 0 spiro atoms. The third kappa shape index (κ3) is 3.41. The molecule has 7 nitrogen and oxygen atoms in total. The number of anilines is 1. The molecular weight excluding hydrogens is 280 g/mol. The van der Waals surface area contributed by atoms with Crippen LogP contribution in [0.4, 0.5) is 5.82 Å². The van der Waals surface area contributed by atoms with Crippen LogP contribution >= 0.6 is 0 Å². The van der Waals surface area contributed by atoms with E-state index in [1.807, 2.05) is 0 Å².